The molecule has 0 aromatic carbocycles. The maximum Gasteiger partial charge on any atom is 0.220 e. The van der Waals surface area contributed by atoms with Gasteiger partial charge in [-0.15, -0.1) is 0 Å². The highest BCUT2D eigenvalue weighted by Gasteiger charge is 2.19. The standard InChI is InChI=1S/C35H71NO3/c1-3-5-7-9-11-12-13-14-15-16-17-18-19-20-21-22-23-24-25-27-29-31-35(39)36-33(32-37)34(38)30-28-26-10-8-6-4-2/h33-34,37-38H,3-32H2,1-2H3,(H,36,39). The summed E-state index contributed by atoms with van der Waals surface area (Å²) in [4.78, 5) is 12.2. The van der Waals surface area contributed by atoms with Crippen LogP contribution in [0.5, 0.6) is 0 Å². The van der Waals surface area contributed by atoms with Crippen molar-refractivity contribution in [3.63, 3.8) is 0 Å². The summed E-state index contributed by atoms with van der Waals surface area (Å²) >= 11 is 0. The molecule has 0 saturated heterocycles. The first kappa shape index (κ1) is 38.4. The van der Waals surface area contributed by atoms with Crippen molar-refractivity contribution in [2.24, 2.45) is 0 Å². The van der Waals surface area contributed by atoms with E-state index in [-0.39, 0.29) is 12.5 Å². The van der Waals surface area contributed by atoms with Crippen LogP contribution in [0.25, 0.3) is 0 Å². The van der Waals surface area contributed by atoms with E-state index in [1.54, 1.807) is 0 Å². The van der Waals surface area contributed by atoms with Gasteiger partial charge in [0.1, 0.15) is 0 Å². The number of amides is 1. The number of unbranched alkanes of at least 4 members (excludes halogenated alkanes) is 25. The number of aliphatic hydroxyl groups excluding tert-OH is 2. The van der Waals surface area contributed by atoms with Crippen LogP contribution >= 0.6 is 0 Å². The van der Waals surface area contributed by atoms with Gasteiger partial charge >= 0.3 is 0 Å². The van der Waals surface area contributed by atoms with Crippen molar-refractivity contribution in [1.29, 1.82) is 0 Å². The Bertz CT molecular complexity index is 485. The van der Waals surface area contributed by atoms with Crippen molar-refractivity contribution in [2.45, 2.75) is 212 Å². The topological polar surface area (TPSA) is 69.6 Å². The Morgan fingerprint density at radius 3 is 1.15 bits per heavy atom. The van der Waals surface area contributed by atoms with Crippen molar-refractivity contribution in [2.75, 3.05) is 6.61 Å². The van der Waals surface area contributed by atoms with Gasteiger partial charge in [0.15, 0.2) is 0 Å². The van der Waals surface area contributed by atoms with E-state index in [9.17, 15) is 15.0 Å². The minimum absolute atomic E-state index is 0.0335. The molecule has 0 aliphatic carbocycles. The average Bonchev–Trinajstić information content (AvgIpc) is 2.94. The van der Waals surface area contributed by atoms with Crippen LogP contribution in [0, 0.1) is 0 Å². The number of hydrogen-bond donors (Lipinski definition) is 3. The Hall–Kier alpha value is -0.610. The second-order valence-electron chi connectivity index (χ2n) is 12.3. The van der Waals surface area contributed by atoms with Gasteiger partial charge in [0, 0.05) is 6.42 Å². The minimum atomic E-state index is -0.648. The van der Waals surface area contributed by atoms with Gasteiger partial charge in [0.05, 0.1) is 18.8 Å². The quantitative estimate of drug-likeness (QED) is 0.0726. The van der Waals surface area contributed by atoms with Gasteiger partial charge < -0.3 is 15.5 Å². The SMILES string of the molecule is CCCCCCCCCCCCCCCCCCCCCCCC(=O)NC(CO)C(O)CCCCCCCC. The molecule has 1 amide bonds. The molecule has 4 heteroatoms. The fourth-order valence-electron chi connectivity index (χ4n) is 5.59. The Morgan fingerprint density at radius 2 is 0.821 bits per heavy atom. The van der Waals surface area contributed by atoms with Crippen molar-refractivity contribution in [1.82, 2.24) is 5.32 Å². The maximum atomic E-state index is 12.2. The molecule has 234 valence electrons. The van der Waals surface area contributed by atoms with E-state index < -0.39 is 12.1 Å². The van der Waals surface area contributed by atoms with Gasteiger partial charge in [-0.2, -0.15) is 0 Å². The summed E-state index contributed by atoms with van der Waals surface area (Å²) in [5.74, 6) is -0.0335. The smallest absolute Gasteiger partial charge is 0.220 e. The lowest BCUT2D eigenvalue weighted by Gasteiger charge is -2.22. The predicted octanol–water partition coefficient (Wildman–Crippen LogP) is 10.2. The highest BCUT2D eigenvalue weighted by molar-refractivity contribution is 5.76. The summed E-state index contributed by atoms with van der Waals surface area (Å²) in [6.45, 7) is 4.31. The van der Waals surface area contributed by atoms with E-state index in [0.717, 1.165) is 25.7 Å². The van der Waals surface area contributed by atoms with Crippen LogP contribution in [-0.4, -0.2) is 34.9 Å². The third-order valence-corrected chi connectivity index (χ3v) is 8.37. The van der Waals surface area contributed by atoms with E-state index >= 15 is 0 Å². The molecule has 0 radical (unpaired) electrons. The molecule has 3 N–H and O–H groups in total. The second kappa shape index (κ2) is 31.9. The van der Waals surface area contributed by atoms with Gasteiger partial charge in [-0.1, -0.05) is 181 Å². The van der Waals surface area contributed by atoms with Gasteiger partial charge in [0.25, 0.3) is 0 Å². The second-order valence-corrected chi connectivity index (χ2v) is 12.3. The van der Waals surface area contributed by atoms with Gasteiger partial charge in [-0.3, -0.25) is 4.79 Å². The van der Waals surface area contributed by atoms with Crippen LogP contribution in [0.2, 0.25) is 0 Å². The van der Waals surface area contributed by atoms with Crippen LogP contribution < -0.4 is 5.32 Å². The molecular weight excluding hydrogens is 482 g/mol. The summed E-state index contributed by atoms with van der Waals surface area (Å²) in [6, 6.07) is -0.525. The summed E-state index contributed by atoms with van der Waals surface area (Å²) in [5.41, 5.74) is 0. The van der Waals surface area contributed by atoms with Crippen LogP contribution in [0.3, 0.4) is 0 Å². The third kappa shape index (κ3) is 28.7. The lowest BCUT2D eigenvalue weighted by Crippen LogP contribution is -2.45. The van der Waals surface area contributed by atoms with Crippen molar-refractivity contribution >= 4 is 5.91 Å². The van der Waals surface area contributed by atoms with E-state index in [1.165, 1.54) is 148 Å². The molecule has 0 heterocycles. The van der Waals surface area contributed by atoms with E-state index in [1.807, 2.05) is 0 Å². The minimum Gasteiger partial charge on any atom is -0.394 e. The Kier molecular flexibility index (Phi) is 31.4. The lowest BCUT2D eigenvalue weighted by atomic mass is 10.0. The van der Waals surface area contributed by atoms with Crippen LogP contribution in [0.15, 0.2) is 0 Å². The Balaban J connectivity index is 3.40. The first-order valence-corrected chi connectivity index (χ1v) is 17.7. The number of rotatable bonds is 32. The molecule has 2 unspecified atom stereocenters. The highest BCUT2D eigenvalue weighted by atomic mass is 16.3. The Morgan fingerprint density at radius 1 is 0.513 bits per heavy atom. The normalized spacial score (nSPS) is 13.0. The van der Waals surface area contributed by atoms with Gasteiger partial charge in [-0.05, 0) is 12.8 Å². The lowest BCUT2D eigenvalue weighted by molar-refractivity contribution is -0.123. The van der Waals surface area contributed by atoms with Crippen LogP contribution in [0.4, 0.5) is 0 Å². The third-order valence-electron chi connectivity index (χ3n) is 8.37. The monoisotopic (exact) mass is 554 g/mol. The molecule has 4 nitrogen and oxygen atoms in total. The molecule has 0 saturated carbocycles. The summed E-state index contributed by atoms with van der Waals surface area (Å²) < 4.78 is 0. The van der Waals surface area contributed by atoms with Crippen molar-refractivity contribution in [3.05, 3.63) is 0 Å². The fourth-order valence-corrected chi connectivity index (χ4v) is 5.59. The maximum absolute atomic E-state index is 12.2. The van der Waals surface area contributed by atoms with Crippen molar-refractivity contribution in [3.8, 4) is 0 Å². The molecule has 2 atom stereocenters. The van der Waals surface area contributed by atoms with Crippen LogP contribution in [-0.2, 0) is 4.79 Å². The molecule has 0 bridgehead atoms. The molecule has 0 rings (SSSR count). The number of carbonyl (C=O) groups is 1. The van der Waals surface area contributed by atoms with E-state index in [4.69, 9.17) is 0 Å². The zero-order chi connectivity index (χ0) is 28.7. The summed E-state index contributed by atoms with van der Waals surface area (Å²) in [5, 5.41) is 22.8. The number of carbonyl (C=O) groups excluding carboxylic acids is 1. The summed E-state index contributed by atoms with van der Waals surface area (Å²) in [6.07, 6.45) is 36.1. The molecular formula is C35H71NO3. The number of nitrogens with one attached hydrogen (secondary N) is 1. The van der Waals surface area contributed by atoms with E-state index in [2.05, 4.69) is 19.2 Å². The molecule has 39 heavy (non-hydrogen) atoms. The zero-order valence-electron chi connectivity index (χ0n) is 26.7. The van der Waals surface area contributed by atoms with Gasteiger partial charge in [0.2, 0.25) is 5.91 Å². The fraction of sp³-hybridized carbons (Fsp3) is 0.971. The summed E-state index contributed by atoms with van der Waals surface area (Å²) in [7, 11) is 0. The molecule has 0 aliphatic heterocycles. The largest absolute Gasteiger partial charge is 0.394 e. The first-order chi connectivity index (χ1) is 19.2. The highest BCUT2D eigenvalue weighted by Crippen LogP contribution is 2.15. The molecule has 0 aromatic heterocycles. The number of aliphatic hydroxyl groups is 2. The van der Waals surface area contributed by atoms with Gasteiger partial charge in [-0.25, -0.2) is 0 Å². The predicted molar refractivity (Wildman–Crippen MR) is 170 cm³/mol. The average molecular weight is 554 g/mol. The number of hydrogen-bond acceptors (Lipinski definition) is 3. The Labute approximate surface area is 244 Å². The van der Waals surface area contributed by atoms with E-state index in [0.29, 0.717) is 12.8 Å². The zero-order valence-corrected chi connectivity index (χ0v) is 26.7. The van der Waals surface area contributed by atoms with Crippen LogP contribution in [0.1, 0.15) is 200 Å². The first-order valence-electron chi connectivity index (χ1n) is 17.7. The molecule has 0 spiro atoms. The molecule has 0 aliphatic rings. The molecule has 0 fully saturated rings. The molecule has 0 aromatic rings. The van der Waals surface area contributed by atoms with Crippen molar-refractivity contribution < 1.29 is 15.0 Å².